The van der Waals surface area contributed by atoms with Crippen molar-refractivity contribution in [3.63, 3.8) is 0 Å². The lowest BCUT2D eigenvalue weighted by Crippen LogP contribution is -2.42. The summed E-state index contributed by atoms with van der Waals surface area (Å²) in [7, 11) is 0. The molecule has 0 unspecified atom stereocenters. The SMILES string of the molecule is N#C/C(C(=O)N1CCOCC1)=c1/s/c(=C\c2ccccc2O)c(=O)n1-c1ccccc1. The van der Waals surface area contributed by atoms with Crippen LogP contribution in [0, 0.1) is 11.3 Å². The minimum absolute atomic E-state index is 0.0389. The molecule has 0 aliphatic carbocycles. The number of para-hydroxylation sites is 2. The number of carbonyl (C=O) groups is 1. The van der Waals surface area contributed by atoms with E-state index in [4.69, 9.17) is 4.74 Å². The van der Waals surface area contributed by atoms with Crippen LogP contribution in [-0.4, -0.2) is 46.8 Å². The molecule has 0 spiro atoms. The van der Waals surface area contributed by atoms with Crippen molar-refractivity contribution in [2.45, 2.75) is 0 Å². The highest BCUT2D eigenvalue weighted by molar-refractivity contribution is 7.07. The van der Waals surface area contributed by atoms with Crippen LogP contribution in [0.4, 0.5) is 0 Å². The number of ether oxygens (including phenoxy) is 1. The standard InChI is InChI=1S/C23H19N3O4S/c24-15-18(21(28)25-10-12-30-13-11-25)23-26(17-7-2-1-3-8-17)22(29)20(31-23)14-16-6-4-5-9-19(16)27/h1-9,14,27H,10-13H2/b20-14-,23-18-. The van der Waals surface area contributed by atoms with Crippen LogP contribution in [0.3, 0.4) is 0 Å². The first kappa shape index (κ1) is 20.6. The number of amides is 1. The third-order valence-electron chi connectivity index (χ3n) is 4.90. The first-order chi connectivity index (χ1) is 15.1. The molecule has 7 nitrogen and oxygen atoms in total. The smallest absolute Gasteiger partial charge is 0.273 e. The second-order valence-corrected chi connectivity index (χ2v) is 7.87. The molecule has 1 aliphatic rings. The minimum atomic E-state index is -0.425. The fraction of sp³-hybridized carbons (Fsp3) is 0.174. The van der Waals surface area contributed by atoms with E-state index < -0.39 is 5.91 Å². The van der Waals surface area contributed by atoms with Gasteiger partial charge >= 0.3 is 0 Å². The summed E-state index contributed by atoms with van der Waals surface area (Å²) in [4.78, 5) is 28.0. The monoisotopic (exact) mass is 433 g/mol. The number of hydrogen-bond donors (Lipinski definition) is 1. The number of nitrogens with zero attached hydrogens (tertiary/aromatic N) is 3. The fourth-order valence-corrected chi connectivity index (χ4v) is 4.41. The topological polar surface area (TPSA) is 95.6 Å². The fourth-order valence-electron chi connectivity index (χ4n) is 3.32. The number of phenols is 1. The Morgan fingerprint density at radius 3 is 2.45 bits per heavy atom. The van der Waals surface area contributed by atoms with E-state index in [1.807, 2.05) is 12.1 Å². The molecule has 0 bridgehead atoms. The van der Waals surface area contributed by atoms with E-state index in [-0.39, 0.29) is 21.5 Å². The summed E-state index contributed by atoms with van der Waals surface area (Å²) in [5, 5.41) is 20.0. The molecule has 3 aromatic rings. The van der Waals surface area contributed by atoms with Gasteiger partial charge in [0.25, 0.3) is 11.5 Å². The lowest BCUT2D eigenvalue weighted by Gasteiger charge is -2.26. The maximum absolute atomic E-state index is 13.3. The van der Waals surface area contributed by atoms with Gasteiger partial charge in [0.15, 0.2) is 5.57 Å². The van der Waals surface area contributed by atoms with E-state index in [0.29, 0.717) is 42.1 Å². The van der Waals surface area contributed by atoms with Crippen LogP contribution in [0.25, 0.3) is 17.3 Å². The Hall–Kier alpha value is -3.67. The van der Waals surface area contributed by atoms with Crippen LogP contribution in [-0.2, 0) is 9.53 Å². The second kappa shape index (κ2) is 9.00. The summed E-state index contributed by atoms with van der Waals surface area (Å²) >= 11 is 1.06. The van der Waals surface area contributed by atoms with Gasteiger partial charge < -0.3 is 14.7 Å². The summed E-state index contributed by atoms with van der Waals surface area (Å²) < 4.78 is 7.25. The molecule has 31 heavy (non-hydrogen) atoms. The zero-order chi connectivity index (χ0) is 21.8. The number of hydrogen-bond acceptors (Lipinski definition) is 6. The highest BCUT2D eigenvalue weighted by Crippen LogP contribution is 2.16. The van der Waals surface area contributed by atoms with Crippen LogP contribution in [0.15, 0.2) is 59.4 Å². The van der Waals surface area contributed by atoms with E-state index in [9.17, 15) is 20.0 Å². The van der Waals surface area contributed by atoms with Gasteiger partial charge in [-0.25, -0.2) is 0 Å². The number of phenolic OH excluding ortho intramolecular Hbond substituents is 1. The summed E-state index contributed by atoms with van der Waals surface area (Å²) in [6.45, 7) is 1.60. The largest absolute Gasteiger partial charge is 0.507 e. The molecule has 2 heterocycles. The van der Waals surface area contributed by atoms with Crippen molar-refractivity contribution in [2.75, 3.05) is 26.3 Å². The quantitative estimate of drug-likeness (QED) is 0.664. The Labute approximate surface area is 182 Å². The number of morpholine rings is 1. The van der Waals surface area contributed by atoms with Crippen molar-refractivity contribution in [1.82, 2.24) is 9.47 Å². The van der Waals surface area contributed by atoms with Crippen molar-refractivity contribution >= 4 is 28.9 Å². The summed E-state index contributed by atoms with van der Waals surface area (Å²) in [6.07, 6.45) is 1.57. The number of nitriles is 1. The van der Waals surface area contributed by atoms with E-state index in [2.05, 4.69) is 0 Å². The number of thiazole rings is 1. The van der Waals surface area contributed by atoms with Crippen molar-refractivity contribution in [3.05, 3.63) is 79.7 Å². The highest BCUT2D eigenvalue weighted by Gasteiger charge is 2.24. The van der Waals surface area contributed by atoms with E-state index in [1.54, 1.807) is 53.4 Å². The molecule has 1 saturated heterocycles. The van der Waals surface area contributed by atoms with Crippen molar-refractivity contribution < 1.29 is 14.6 Å². The molecule has 0 radical (unpaired) electrons. The molecular weight excluding hydrogens is 414 g/mol. The molecule has 156 valence electrons. The Bertz CT molecular complexity index is 1330. The number of carbonyl (C=O) groups excluding carboxylic acids is 1. The van der Waals surface area contributed by atoms with Crippen molar-refractivity contribution in [3.8, 4) is 17.5 Å². The zero-order valence-electron chi connectivity index (χ0n) is 16.5. The molecule has 0 saturated carbocycles. The van der Waals surface area contributed by atoms with E-state index in [1.165, 1.54) is 10.6 Å². The first-order valence-electron chi connectivity index (χ1n) is 9.68. The molecule has 0 atom stereocenters. The average molecular weight is 433 g/mol. The van der Waals surface area contributed by atoms with Crippen LogP contribution in [0.2, 0.25) is 0 Å². The molecular formula is C23H19N3O4S. The van der Waals surface area contributed by atoms with Gasteiger partial charge in [0, 0.05) is 18.7 Å². The molecule has 1 aromatic heterocycles. The number of aromatic nitrogens is 1. The van der Waals surface area contributed by atoms with Crippen LogP contribution < -0.4 is 14.8 Å². The van der Waals surface area contributed by atoms with Crippen LogP contribution in [0.1, 0.15) is 5.56 Å². The van der Waals surface area contributed by atoms with Gasteiger partial charge in [-0.2, -0.15) is 5.26 Å². The van der Waals surface area contributed by atoms with E-state index in [0.717, 1.165) is 11.3 Å². The third-order valence-corrected chi connectivity index (χ3v) is 5.99. The van der Waals surface area contributed by atoms with Crippen molar-refractivity contribution in [1.29, 1.82) is 5.26 Å². The maximum atomic E-state index is 13.3. The summed E-state index contributed by atoms with van der Waals surface area (Å²) in [5.41, 5.74) is 0.575. The minimum Gasteiger partial charge on any atom is -0.507 e. The van der Waals surface area contributed by atoms with Crippen LogP contribution >= 0.6 is 11.3 Å². The number of benzene rings is 2. The van der Waals surface area contributed by atoms with Gasteiger partial charge in [-0.15, -0.1) is 11.3 Å². The second-order valence-electron chi connectivity index (χ2n) is 6.84. The third kappa shape index (κ3) is 4.14. The summed E-state index contributed by atoms with van der Waals surface area (Å²) in [5.74, 6) is -0.386. The van der Waals surface area contributed by atoms with E-state index >= 15 is 0 Å². The highest BCUT2D eigenvalue weighted by atomic mass is 32.1. The molecule has 8 heteroatoms. The number of rotatable bonds is 3. The normalized spacial score (nSPS) is 15.5. The van der Waals surface area contributed by atoms with Gasteiger partial charge in [-0.3, -0.25) is 14.2 Å². The molecule has 2 aromatic carbocycles. The molecule has 4 rings (SSSR count). The van der Waals surface area contributed by atoms with Crippen LogP contribution in [0.5, 0.6) is 5.75 Å². The first-order valence-corrected chi connectivity index (χ1v) is 10.5. The molecule has 1 fully saturated rings. The van der Waals surface area contributed by atoms with Gasteiger partial charge in [-0.1, -0.05) is 36.4 Å². The molecule has 1 N–H and O–H groups in total. The van der Waals surface area contributed by atoms with Gasteiger partial charge in [0.05, 0.1) is 23.4 Å². The Balaban J connectivity index is 2.00. The van der Waals surface area contributed by atoms with Crippen molar-refractivity contribution in [2.24, 2.45) is 0 Å². The summed E-state index contributed by atoms with van der Waals surface area (Å²) in [6, 6.07) is 17.6. The zero-order valence-corrected chi connectivity index (χ0v) is 17.3. The maximum Gasteiger partial charge on any atom is 0.273 e. The molecule has 1 aliphatic heterocycles. The predicted octanol–water partition coefficient (Wildman–Crippen LogP) is 0.966. The van der Waals surface area contributed by atoms with Gasteiger partial charge in [-0.05, 0) is 24.3 Å². The van der Waals surface area contributed by atoms with Gasteiger partial charge in [0.2, 0.25) is 0 Å². The Kier molecular flexibility index (Phi) is 5.98. The van der Waals surface area contributed by atoms with Gasteiger partial charge in [0.1, 0.15) is 16.5 Å². The predicted molar refractivity (Wildman–Crippen MR) is 117 cm³/mol. The average Bonchev–Trinajstić information content (AvgIpc) is 3.12. The Morgan fingerprint density at radius 1 is 1.10 bits per heavy atom. The Morgan fingerprint density at radius 2 is 1.77 bits per heavy atom. The lowest BCUT2D eigenvalue weighted by molar-refractivity contribution is -0.128. The lowest BCUT2D eigenvalue weighted by atomic mass is 10.2. The molecule has 1 amide bonds. The number of aromatic hydroxyl groups is 1.